The van der Waals surface area contributed by atoms with Crippen LogP contribution in [0.5, 0.6) is 5.75 Å². The number of para-hydroxylation sites is 2. The Bertz CT molecular complexity index is 690. The molecule has 0 spiro atoms. The highest BCUT2D eigenvalue weighted by molar-refractivity contribution is 5.92. The lowest BCUT2D eigenvalue weighted by Crippen LogP contribution is -2.13. The number of carbonyl (C=O) groups is 1. The van der Waals surface area contributed by atoms with Crippen molar-refractivity contribution in [2.75, 3.05) is 5.32 Å². The van der Waals surface area contributed by atoms with Gasteiger partial charge in [0.1, 0.15) is 5.75 Å². The van der Waals surface area contributed by atoms with Gasteiger partial charge >= 0.3 is 0 Å². The van der Waals surface area contributed by atoms with E-state index in [4.69, 9.17) is 0 Å². The van der Waals surface area contributed by atoms with Gasteiger partial charge in [0.25, 0.3) is 0 Å². The highest BCUT2D eigenvalue weighted by Gasteiger charge is 2.14. The average Bonchev–Trinajstić information content (AvgIpc) is 2.73. The summed E-state index contributed by atoms with van der Waals surface area (Å²) in [6.07, 6.45) is 1.01. The summed E-state index contributed by atoms with van der Waals surface area (Å²) in [5.41, 5.74) is 3.70. The number of rotatable bonds is 6. The number of aromatic hydroxyl groups is 1. The Morgan fingerprint density at radius 3 is 2.65 bits per heavy atom. The van der Waals surface area contributed by atoms with Crippen molar-refractivity contribution in [3.63, 3.8) is 0 Å². The molecule has 1 amide bonds. The molecule has 0 atom stereocenters. The van der Waals surface area contributed by atoms with Crippen LogP contribution in [0.15, 0.2) is 24.3 Å². The van der Waals surface area contributed by atoms with E-state index in [1.54, 1.807) is 24.3 Å². The summed E-state index contributed by atoms with van der Waals surface area (Å²) in [6, 6.07) is 6.74. The second kappa shape index (κ2) is 7.31. The molecule has 0 aliphatic carbocycles. The van der Waals surface area contributed by atoms with Gasteiger partial charge in [-0.2, -0.15) is 5.10 Å². The van der Waals surface area contributed by atoms with Crippen molar-refractivity contribution >= 4 is 11.6 Å². The number of anilines is 1. The largest absolute Gasteiger partial charge is 0.506 e. The van der Waals surface area contributed by atoms with E-state index in [9.17, 15) is 9.90 Å². The SMILES string of the molecule is Cc1nn(CC(C)C)c(C)c1CCC(=O)Nc1ccccc1O. The molecule has 2 aromatic rings. The van der Waals surface area contributed by atoms with E-state index in [0.717, 1.165) is 23.5 Å². The zero-order valence-corrected chi connectivity index (χ0v) is 14.3. The van der Waals surface area contributed by atoms with Gasteiger partial charge in [0.15, 0.2) is 0 Å². The van der Waals surface area contributed by atoms with Gasteiger partial charge in [-0.1, -0.05) is 26.0 Å². The van der Waals surface area contributed by atoms with E-state index in [1.165, 1.54) is 0 Å². The predicted molar refractivity (Wildman–Crippen MR) is 91.6 cm³/mol. The van der Waals surface area contributed by atoms with Crippen molar-refractivity contribution in [1.29, 1.82) is 0 Å². The van der Waals surface area contributed by atoms with E-state index in [-0.39, 0.29) is 11.7 Å². The van der Waals surface area contributed by atoms with Gasteiger partial charge in [-0.3, -0.25) is 9.48 Å². The molecular weight excluding hydrogens is 290 g/mol. The molecule has 0 saturated carbocycles. The molecule has 1 aromatic carbocycles. The van der Waals surface area contributed by atoms with Crippen LogP contribution in [-0.2, 0) is 17.8 Å². The number of amides is 1. The van der Waals surface area contributed by atoms with Crippen LogP contribution in [0.1, 0.15) is 37.2 Å². The normalized spacial score (nSPS) is 11.0. The number of nitrogens with zero attached hydrogens (tertiary/aromatic N) is 2. The van der Waals surface area contributed by atoms with Crippen molar-refractivity contribution in [2.24, 2.45) is 5.92 Å². The van der Waals surface area contributed by atoms with Crippen LogP contribution >= 0.6 is 0 Å². The first-order chi connectivity index (χ1) is 10.9. The number of phenolic OH excluding ortho intramolecular Hbond substituents is 1. The second-order valence-corrected chi connectivity index (χ2v) is 6.29. The fraction of sp³-hybridized carbons (Fsp3) is 0.444. The van der Waals surface area contributed by atoms with Crippen LogP contribution in [0.4, 0.5) is 5.69 Å². The van der Waals surface area contributed by atoms with Gasteiger partial charge in [-0.15, -0.1) is 0 Å². The number of hydrogen-bond acceptors (Lipinski definition) is 3. The summed E-state index contributed by atoms with van der Waals surface area (Å²) < 4.78 is 2.02. The highest BCUT2D eigenvalue weighted by Crippen LogP contribution is 2.22. The Hall–Kier alpha value is -2.30. The number of carbonyl (C=O) groups excluding carboxylic acids is 1. The van der Waals surface area contributed by atoms with E-state index >= 15 is 0 Å². The maximum Gasteiger partial charge on any atom is 0.224 e. The van der Waals surface area contributed by atoms with Crippen LogP contribution in [0.3, 0.4) is 0 Å². The predicted octanol–water partition coefficient (Wildman–Crippen LogP) is 3.43. The zero-order chi connectivity index (χ0) is 17.0. The maximum atomic E-state index is 12.1. The van der Waals surface area contributed by atoms with Gasteiger partial charge in [-0.05, 0) is 43.9 Å². The Labute approximate surface area is 137 Å². The fourth-order valence-electron chi connectivity index (χ4n) is 2.65. The molecule has 0 radical (unpaired) electrons. The topological polar surface area (TPSA) is 67.2 Å². The van der Waals surface area contributed by atoms with Gasteiger partial charge in [-0.25, -0.2) is 0 Å². The molecule has 2 rings (SSSR count). The Kier molecular flexibility index (Phi) is 5.42. The van der Waals surface area contributed by atoms with Gasteiger partial charge < -0.3 is 10.4 Å². The van der Waals surface area contributed by atoms with Crippen molar-refractivity contribution in [1.82, 2.24) is 9.78 Å². The fourth-order valence-corrected chi connectivity index (χ4v) is 2.65. The number of hydrogen-bond donors (Lipinski definition) is 2. The first-order valence-corrected chi connectivity index (χ1v) is 7.99. The molecule has 124 valence electrons. The summed E-state index contributed by atoms with van der Waals surface area (Å²) >= 11 is 0. The Morgan fingerprint density at radius 1 is 1.30 bits per heavy atom. The molecule has 5 heteroatoms. The van der Waals surface area contributed by atoms with Crippen LogP contribution in [0.2, 0.25) is 0 Å². The summed E-state index contributed by atoms with van der Waals surface area (Å²) in [5.74, 6) is 0.505. The lowest BCUT2D eigenvalue weighted by atomic mass is 10.1. The summed E-state index contributed by atoms with van der Waals surface area (Å²) in [5, 5.41) is 17.0. The standard InChI is InChI=1S/C18H25N3O2/c1-12(2)11-21-14(4)15(13(3)20-21)9-10-18(23)19-16-7-5-6-8-17(16)22/h5-8,12,22H,9-11H2,1-4H3,(H,19,23). The minimum Gasteiger partial charge on any atom is -0.506 e. The van der Waals surface area contributed by atoms with Gasteiger partial charge in [0, 0.05) is 18.7 Å². The number of aryl methyl sites for hydroxylation is 1. The molecule has 5 nitrogen and oxygen atoms in total. The molecule has 0 fully saturated rings. The van der Waals surface area contributed by atoms with E-state index in [1.807, 2.05) is 11.6 Å². The zero-order valence-electron chi connectivity index (χ0n) is 14.3. The Morgan fingerprint density at radius 2 is 2.00 bits per heavy atom. The minimum atomic E-state index is -0.109. The van der Waals surface area contributed by atoms with Crippen LogP contribution in [0.25, 0.3) is 0 Å². The van der Waals surface area contributed by atoms with E-state index in [2.05, 4.69) is 31.2 Å². The molecule has 0 bridgehead atoms. The molecule has 1 aromatic heterocycles. The molecule has 2 N–H and O–H groups in total. The number of aromatic nitrogens is 2. The molecule has 0 unspecified atom stereocenters. The summed E-state index contributed by atoms with van der Waals surface area (Å²) in [4.78, 5) is 12.1. The summed E-state index contributed by atoms with van der Waals surface area (Å²) in [7, 11) is 0. The molecule has 23 heavy (non-hydrogen) atoms. The van der Waals surface area contributed by atoms with Crippen molar-refractivity contribution in [3.05, 3.63) is 41.2 Å². The summed E-state index contributed by atoms with van der Waals surface area (Å²) in [6.45, 7) is 9.25. The van der Waals surface area contributed by atoms with Crippen molar-refractivity contribution in [2.45, 2.75) is 47.1 Å². The molecule has 1 heterocycles. The first-order valence-electron chi connectivity index (χ1n) is 7.99. The third-order valence-corrected chi connectivity index (χ3v) is 3.85. The molecule has 0 saturated heterocycles. The lowest BCUT2D eigenvalue weighted by Gasteiger charge is -2.09. The number of nitrogens with one attached hydrogen (secondary N) is 1. The van der Waals surface area contributed by atoms with E-state index in [0.29, 0.717) is 24.4 Å². The van der Waals surface area contributed by atoms with E-state index < -0.39 is 0 Å². The number of phenols is 1. The van der Waals surface area contributed by atoms with Gasteiger partial charge in [0.2, 0.25) is 5.91 Å². The Balaban J connectivity index is 1.99. The third-order valence-electron chi connectivity index (χ3n) is 3.85. The first kappa shape index (κ1) is 17.1. The smallest absolute Gasteiger partial charge is 0.224 e. The second-order valence-electron chi connectivity index (χ2n) is 6.29. The average molecular weight is 315 g/mol. The molecule has 0 aliphatic heterocycles. The molecule has 0 aliphatic rings. The minimum absolute atomic E-state index is 0.0814. The lowest BCUT2D eigenvalue weighted by molar-refractivity contribution is -0.116. The van der Waals surface area contributed by atoms with Gasteiger partial charge in [0.05, 0.1) is 11.4 Å². The third kappa shape index (κ3) is 4.34. The van der Waals surface area contributed by atoms with Crippen molar-refractivity contribution in [3.8, 4) is 5.75 Å². The van der Waals surface area contributed by atoms with Crippen molar-refractivity contribution < 1.29 is 9.90 Å². The number of benzene rings is 1. The van der Waals surface area contributed by atoms with Crippen LogP contribution in [0, 0.1) is 19.8 Å². The quantitative estimate of drug-likeness (QED) is 0.803. The van der Waals surface area contributed by atoms with Crippen LogP contribution in [-0.4, -0.2) is 20.8 Å². The maximum absolute atomic E-state index is 12.1. The van der Waals surface area contributed by atoms with Crippen LogP contribution < -0.4 is 5.32 Å². The monoisotopic (exact) mass is 315 g/mol. The molecular formula is C18H25N3O2. The highest BCUT2D eigenvalue weighted by atomic mass is 16.3.